The highest BCUT2D eigenvalue weighted by Crippen LogP contribution is 2.24. The maximum absolute atomic E-state index is 13.6. The average molecular weight is 294 g/mol. The monoisotopic (exact) mass is 294 g/mol. The predicted octanol–water partition coefficient (Wildman–Crippen LogP) is 3.18. The molecule has 1 fully saturated rings. The Hall–Kier alpha value is -2.11. The zero-order valence-corrected chi connectivity index (χ0v) is 12.1. The highest BCUT2D eigenvalue weighted by molar-refractivity contribution is 5.92. The highest BCUT2D eigenvalue weighted by atomic mass is 19.1. The van der Waals surface area contributed by atoms with Gasteiger partial charge in [-0.3, -0.25) is 0 Å². The Morgan fingerprint density at radius 2 is 2.10 bits per heavy atom. The van der Waals surface area contributed by atoms with Crippen LogP contribution in [0.5, 0.6) is 0 Å². The van der Waals surface area contributed by atoms with Gasteiger partial charge in [-0.1, -0.05) is 6.92 Å². The molecule has 2 N–H and O–H groups in total. The molecule has 2 unspecified atom stereocenters. The molecule has 2 amide bonds. The quantitative estimate of drug-likeness (QED) is 0.880. The molecular formula is C15H19FN2O3. The summed E-state index contributed by atoms with van der Waals surface area (Å²) in [4.78, 5) is 24.7. The lowest BCUT2D eigenvalue weighted by molar-refractivity contribution is 0.0692. The molecule has 1 saturated heterocycles. The van der Waals surface area contributed by atoms with Crippen LogP contribution < -0.4 is 5.32 Å². The number of urea groups is 1. The summed E-state index contributed by atoms with van der Waals surface area (Å²) in [7, 11) is 0. The lowest BCUT2D eigenvalue weighted by Gasteiger charge is -2.37. The number of aromatic carboxylic acids is 1. The number of carbonyl (C=O) groups excluding carboxylic acids is 1. The van der Waals surface area contributed by atoms with Gasteiger partial charge in [0.15, 0.2) is 0 Å². The van der Waals surface area contributed by atoms with Crippen LogP contribution in [-0.4, -0.2) is 34.6 Å². The third-order valence-electron chi connectivity index (χ3n) is 4.09. The zero-order chi connectivity index (χ0) is 15.6. The average Bonchev–Trinajstić information content (AvgIpc) is 2.41. The summed E-state index contributed by atoms with van der Waals surface area (Å²) < 4.78 is 13.6. The zero-order valence-electron chi connectivity index (χ0n) is 12.1. The van der Waals surface area contributed by atoms with Gasteiger partial charge >= 0.3 is 12.0 Å². The lowest BCUT2D eigenvalue weighted by Crippen LogP contribution is -2.47. The number of hydrogen-bond acceptors (Lipinski definition) is 2. The van der Waals surface area contributed by atoms with E-state index in [4.69, 9.17) is 5.11 Å². The van der Waals surface area contributed by atoms with Crippen molar-refractivity contribution < 1.29 is 19.1 Å². The van der Waals surface area contributed by atoms with Crippen molar-refractivity contribution in [2.24, 2.45) is 5.92 Å². The first-order valence-corrected chi connectivity index (χ1v) is 7.00. The summed E-state index contributed by atoms with van der Waals surface area (Å²) in [6, 6.07) is 3.41. The Morgan fingerprint density at radius 3 is 2.71 bits per heavy atom. The molecule has 1 aliphatic rings. The van der Waals surface area contributed by atoms with E-state index in [2.05, 4.69) is 12.2 Å². The molecule has 2 rings (SSSR count). The van der Waals surface area contributed by atoms with Gasteiger partial charge in [0.05, 0.1) is 5.56 Å². The second-order valence-corrected chi connectivity index (χ2v) is 5.48. The predicted molar refractivity (Wildman–Crippen MR) is 76.9 cm³/mol. The number of likely N-dealkylation sites (tertiary alicyclic amines) is 1. The number of anilines is 1. The van der Waals surface area contributed by atoms with Crippen molar-refractivity contribution >= 4 is 17.7 Å². The fourth-order valence-electron chi connectivity index (χ4n) is 2.58. The fraction of sp³-hybridized carbons (Fsp3) is 0.467. The maximum Gasteiger partial charge on any atom is 0.338 e. The van der Waals surface area contributed by atoms with E-state index in [1.165, 1.54) is 6.07 Å². The number of nitrogens with zero attached hydrogens (tertiary/aromatic N) is 1. The SMILES string of the molecule is CC1CCCN(C(=O)Nc2ccc(C(=O)O)c(F)c2)C1C. The Bertz CT molecular complexity index is 562. The Labute approximate surface area is 122 Å². The molecule has 0 aliphatic carbocycles. The van der Waals surface area contributed by atoms with E-state index < -0.39 is 17.3 Å². The second kappa shape index (κ2) is 6.11. The molecule has 6 heteroatoms. The van der Waals surface area contributed by atoms with Crippen molar-refractivity contribution in [1.82, 2.24) is 4.90 Å². The van der Waals surface area contributed by atoms with Crippen LogP contribution in [0.3, 0.4) is 0 Å². The number of amides is 2. The van der Waals surface area contributed by atoms with Crippen LogP contribution in [0.1, 0.15) is 37.0 Å². The van der Waals surface area contributed by atoms with Crippen LogP contribution in [0.2, 0.25) is 0 Å². The van der Waals surface area contributed by atoms with Crippen LogP contribution in [0.4, 0.5) is 14.9 Å². The molecular weight excluding hydrogens is 275 g/mol. The van der Waals surface area contributed by atoms with E-state index in [1.54, 1.807) is 4.90 Å². The summed E-state index contributed by atoms with van der Waals surface area (Å²) in [5.74, 6) is -1.76. The van der Waals surface area contributed by atoms with Gasteiger partial charge in [-0.2, -0.15) is 0 Å². The Morgan fingerprint density at radius 1 is 1.38 bits per heavy atom. The maximum atomic E-state index is 13.6. The third-order valence-corrected chi connectivity index (χ3v) is 4.09. The molecule has 0 saturated carbocycles. The number of halogens is 1. The number of hydrogen-bond donors (Lipinski definition) is 2. The third kappa shape index (κ3) is 3.32. The number of nitrogens with one attached hydrogen (secondary N) is 1. The first kappa shape index (κ1) is 15.3. The van der Waals surface area contributed by atoms with Gasteiger partial charge in [0.2, 0.25) is 0 Å². The van der Waals surface area contributed by atoms with Crippen LogP contribution in [-0.2, 0) is 0 Å². The normalized spacial score (nSPS) is 22.0. The molecule has 0 radical (unpaired) electrons. The molecule has 0 bridgehead atoms. The standard InChI is InChI=1S/C15H19FN2O3/c1-9-4-3-7-18(10(9)2)15(21)17-11-5-6-12(14(19)20)13(16)8-11/h5-6,8-10H,3-4,7H2,1-2H3,(H,17,21)(H,19,20). The van der Waals surface area contributed by atoms with Crippen molar-refractivity contribution in [2.75, 3.05) is 11.9 Å². The molecule has 21 heavy (non-hydrogen) atoms. The molecule has 1 aromatic rings. The fourth-order valence-corrected chi connectivity index (χ4v) is 2.58. The van der Waals surface area contributed by atoms with Crippen molar-refractivity contribution in [3.05, 3.63) is 29.6 Å². The largest absolute Gasteiger partial charge is 0.478 e. The van der Waals surface area contributed by atoms with Crippen molar-refractivity contribution in [1.29, 1.82) is 0 Å². The molecule has 114 valence electrons. The number of carboxylic acid groups (broad SMARTS) is 1. The summed E-state index contributed by atoms with van der Waals surface area (Å²) >= 11 is 0. The van der Waals surface area contributed by atoms with E-state index in [1.807, 2.05) is 6.92 Å². The van der Waals surface area contributed by atoms with Gasteiger partial charge in [-0.05, 0) is 43.9 Å². The van der Waals surface area contributed by atoms with Crippen molar-refractivity contribution in [3.63, 3.8) is 0 Å². The first-order chi connectivity index (χ1) is 9.90. The Balaban J connectivity index is 2.09. The van der Waals surface area contributed by atoms with E-state index >= 15 is 0 Å². The molecule has 5 nitrogen and oxygen atoms in total. The van der Waals surface area contributed by atoms with E-state index in [0.717, 1.165) is 25.0 Å². The number of carbonyl (C=O) groups is 2. The van der Waals surface area contributed by atoms with Crippen molar-refractivity contribution in [2.45, 2.75) is 32.7 Å². The van der Waals surface area contributed by atoms with Crippen LogP contribution in [0, 0.1) is 11.7 Å². The van der Waals surface area contributed by atoms with E-state index in [0.29, 0.717) is 12.5 Å². The molecule has 1 heterocycles. The summed E-state index contributed by atoms with van der Waals surface area (Å²) in [6.45, 7) is 4.77. The van der Waals surface area contributed by atoms with Crippen LogP contribution in [0.15, 0.2) is 18.2 Å². The molecule has 0 aromatic heterocycles. The first-order valence-electron chi connectivity index (χ1n) is 7.00. The lowest BCUT2D eigenvalue weighted by atomic mass is 9.92. The van der Waals surface area contributed by atoms with Crippen LogP contribution >= 0.6 is 0 Å². The highest BCUT2D eigenvalue weighted by Gasteiger charge is 2.28. The number of benzene rings is 1. The minimum Gasteiger partial charge on any atom is -0.478 e. The van der Waals surface area contributed by atoms with Gasteiger partial charge in [-0.15, -0.1) is 0 Å². The topological polar surface area (TPSA) is 69.6 Å². The molecule has 1 aromatic carbocycles. The summed E-state index contributed by atoms with van der Waals surface area (Å²) in [6.07, 6.45) is 2.04. The minimum atomic E-state index is -1.33. The molecule has 0 spiro atoms. The van der Waals surface area contributed by atoms with Gasteiger partial charge in [0.1, 0.15) is 5.82 Å². The van der Waals surface area contributed by atoms with E-state index in [-0.39, 0.29) is 17.8 Å². The van der Waals surface area contributed by atoms with Gasteiger partial charge in [0, 0.05) is 18.3 Å². The van der Waals surface area contributed by atoms with E-state index in [9.17, 15) is 14.0 Å². The Kier molecular flexibility index (Phi) is 4.45. The number of piperidine rings is 1. The number of carboxylic acids is 1. The smallest absolute Gasteiger partial charge is 0.338 e. The molecule has 1 aliphatic heterocycles. The second-order valence-electron chi connectivity index (χ2n) is 5.48. The minimum absolute atomic E-state index is 0.127. The van der Waals surface area contributed by atoms with Gasteiger partial charge < -0.3 is 15.3 Å². The van der Waals surface area contributed by atoms with Gasteiger partial charge in [-0.25, -0.2) is 14.0 Å². The summed E-state index contributed by atoms with van der Waals surface area (Å²) in [5, 5.41) is 11.4. The number of rotatable bonds is 2. The summed E-state index contributed by atoms with van der Waals surface area (Å²) in [5.41, 5.74) is -0.152. The van der Waals surface area contributed by atoms with Crippen molar-refractivity contribution in [3.8, 4) is 0 Å². The molecule has 2 atom stereocenters. The van der Waals surface area contributed by atoms with Crippen LogP contribution in [0.25, 0.3) is 0 Å². The van der Waals surface area contributed by atoms with Gasteiger partial charge in [0.25, 0.3) is 0 Å².